The molecule has 8 heteroatoms. The Balaban J connectivity index is 1.57. The van der Waals surface area contributed by atoms with Crippen LogP contribution < -0.4 is 0 Å². The van der Waals surface area contributed by atoms with E-state index >= 15 is 0 Å². The maximum Gasteiger partial charge on any atom is 0.248 e. The molecule has 1 atom stereocenters. The molecule has 2 aliphatic rings. The molecule has 3 rings (SSSR count). The Morgan fingerprint density at radius 1 is 1.30 bits per heavy atom. The van der Waals surface area contributed by atoms with Gasteiger partial charge in [0.05, 0.1) is 12.2 Å². The van der Waals surface area contributed by atoms with Gasteiger partial charge in [-0.3, -0.25) is 9.59 Å². The van der Waals surface area contributed by atoms with Crippen molar-refractivity contribution in [2.24, 2.45) is 5.92 Å². The number of halogens is 2. The van der Waals surface area contributed by atoms with Crippen molar-refractivity contribution in [2.75, 3.05) is 13.1 Å². The van der Waals surface area contributed by atoms with Gasteiger partial charge in [-0.25, -0.2) is 13.5 Å². The molecule has 0 bridgehead atoms. The second kappa shape index (κ2) is 5.98. The minimum Gasteiger partial charge on any atom is -0.338 e. The van der Waals surface area contributed by atoms with Gasteiger partial charge in [0, 0.05) is 38.8 Å². The van der Waals surface area contributed by atoms with Gasteiger partial charge in [-0.1, -0.05) is 11.6 Å². The Kier molecular flexibility index (Phi) is 4.16. The first-order valence-electron chi connectivity index (χ1n) is 7.95. The van der Waals surface area contributed by atoms with E-state index in [9.17, 15) is 18.4 Å². The van der Waals surface area contributed by atoms with Crippen LogP contribution in [0, 0.1) is 5.92 Å². The molecule has 0 spiro atoms. The monoisotopic (exact) mass is 326 g/mol. The summed E-state index contributed by atoms with van der Waals surface area (Å²) in [6.07, 6.45) is 2.79. The Bertz CT molecular complexity index is 610. The predicted octanol–water partition coefficient (Wildman–Crippen LogP) is 2.08. The van der Waals surface area contributed by atoms with Crippen LogP contribution in [0.3, 0.4) is 0 Å². The summed E-state index contributed by atoms with van der Waals surface area (Å²) in [5.41, 5.74) is 0.290. The lowest BCUT2D eigenvalue weighted by Crippen LogP contribution is -2.53. The van der Waals surface area contributed by atoms with Gasteiger partial charge in [0.1, 0.15) is 5.69 Å². The third kappa shape index (κ3) is 3.40. The maximum atomic E-state index is 13.7. The minimum absolute atomic E-state index is 0.0363. The molecule has 1 aliphatic carbocycles. The molecule has 1 saturated heterocycles. The number of ketones is 1. The summed E-state index contributed by atoms with van der Waals surface area (Å²) in [6.45, 7) is 2.28. The van der Waals surface area contributed by atoms with Crippen LogP contribution in [0.2, 0.25) is 0 Å². The van der Waals surface area contributed by atoms with Crippen LogP contribution in [-0.4, -0.2) is 50.6 Å². The number of carbonyl (C=O) groups excluding carboxylic acids is 2. The topological polar surface area (TPSA) is 68.1 Å². The number of hydrogen-bond donors (Lipinski definition) is 0. The normalized spacial score (nSPS) is 24.8. The summed E-state index contributed by atoms with van der Waals surface area (Å²) >= 11 is 0. The standard InChI is InChI=1S/C15H20F2N4O2/c1-10(22)13-9-21(19-18-13)12-7-20(8-12)14(23)11-4-2-3-5-15(16,17)6-11/h9,11-12H,2-8H2,1H3. The summed E-state index contributed by atoms with van der Waals surface area (Å²) in [5.74, 6) is -3.67. The lowest BCUT2D eigenvalue weighted by atomic mass is 9.95. The molecule has 1 aromatic rings. The fourth-order valence-corrected chi connectivity index (χ4v) is 3.23. The molecule has 1 unspecified atom stereocenters. The van der Waals surface area contributed by atoms with Crippen LogP contribution in [0.1, 0.15) is 55.6 Å². The predicted molar refractivity (Wildman–Crippen MR) is 77.2 cm³/mol. The number of rotatable bonds is 3. The molecule has 0 aromatic carbocycles. The van der Waals surface area contributed by atoms with Crippen molar-refractivity contribution in [3.8, 4) is 0 Å². The van der Waals surface area contributed by atoms with Gasteiger partial charge in [0.2, 0.25) is 11.8 Å². The number of aromatic nitrogens is 3. The molecule has 0 N–H and O–H groups in total. The quantitative estimate of drug-likeness (QED) is 0.630. The third-order valence-electron chi connectivity index (χ3n) is 4.66. The lowest BCUT2D eigenvalue weighted by molar-refractivity contribution is -0.145. The van der Waals surface area contributed by atoms with Gasteiger partial charge >= 0.3 is 0 Å². The average molecular weight is 326 g/mol. The SMILES string of the molecule is CC(=O)c1cn(C2CN(C(=O)C3CCCCC(F)(F)C3)C2)nn1. The number of hydrogen-bond acceptors (Lipinski definition) is 4. The molecule has 6 nitrogen and oxygen atoms in total. The van der Waals surface area contributed by atoms with Crippen molar-refractivity contribution in [1.82, 2.24) is 19.9 Å². The first-order chi connectivity index (χ1) is 10.9. The molecule has 126 valence electrons. The largest absolute Gasteiger partial charge is 0.338 e. The van der Waals surface area contributed by atoms with Crippen LogP contribution in [-0.2, 0) is 4.79 Å². The lowest BCUT2D eigenvalue weighted by Gasteiger charge is -2.40. The van der Waals surface area contributed by atoms with Crippen LogP contribution in [0.5, 0.6) is 0 Å². The van der Waals surface area contributed by atoms with Crippen molar-refractivity contribution in [3.05, 3.63) is 11.9 Å². The van der Waals surface area contributed by atoms with Crippen molar-refractivity contribution < 1.29 is 18.4 Å². The Labute approximate surface area is 132 Å². The minimum atomic E-state index is -2.73. The van der Waals surface area contributed by atoms with Gasteiger partial charge in [0.25, 0.3) is 0 Å². The number of alkyl halides is 2. The van der Waals surface area contributed by atoms with E-state index in [0.29, 0.717) is 32.4 Å². The molecule has 2 heterocycles. The van der Waals surface area contributed by atoms with Crippen LogP contribution in [0.4, 0.5) is 8.78 Å². The van der Waals surface area contributed by atoms with Crippen molar-refractivity contribution in [3.63, 3.8) is 0 Å². The highest BCUT2D eigenvalue weighted by atomic mass is 19.3. The Morgan fingerprint density at radius 3 is 2.70 bits per heavy atom. The highest BCUT2D eigenvalue weighted by Crippen LogP contribution is 2.37. The third-order valence-corrected chi connectivity index (χ3v) is 4.66. The first-order valence-corrected chi connectivity index (χ1v) is 7.95. The van der Waals surface area contributed by atoms with E-state index < -0.39 is 11.8 Å². The summed E-state index contributed by atoms with van der Waals surface area (Å²) in [6, 6.07) is -0.0363. The van der Waals surface area contributed by atoms with E-state index in [1.807, 2.05) is 0 Å². The second-order valence-electron chi connectivity index (χ2n) is 6.54. The van der Waals surface area contributed by atoms with Crippen LogP contribution >= 0.6 is 0 Å². The molecule has 23 heavy (non-hydrogen) atoms. The number of nitrogens with zero attached hydrogens (tertiary/aromatic N) is 4. The van der Waals surface area contributed by atoms with Crippen molar-refractivity contribution in [1.29, 1.82) is 0 Å². The summed E-state index contributed by atoms with van der Waals surface area (Å²) in [7, 11) is 0. The van der Waals surface area contributed by atoms with E-state index in [4.69, 9.17) is 0 Å². The second-order valence-corrected chi connectivity index (χ2v) is 6.54. The van der Waals surface area contributed by atoms with E-state index in [1.165, 1.54) is 6.92 Å². The highest BCUT2D eigenvalue weighted by molar-refractivity contribution is 5.91. The van der Waals surface area contributed by atoms with Gasteiger partial charge in [-0.2, -0.15) is 0 Å². The van der Waals surface area contributed by atoms with Gasteiger partial charge in [-0.15, -0.1) is 5.10 Å². The molecule has 2 fully saturated rings. The Morgan fingerprint density at radius 2 is 2.04 bits per heavy atom. The van der Waals surface area contributed by atoms with E-state index in [2.05, 4.69) is 10.3 Å². The molecule has 1 saturated carbocycles. The van der Waals surface area contributed by atoms with E-state index in [1.54, 1.807) is 15.8 Å². The molecule has 0 radical (unpaired) electrons. The van der Waals surface area contributed by atoms with Crippen LogP contribution in [0.15, 0.2) is 6.20 Å². The molecular weight excluding hydrogens is 306 g/mol. The average Bonchev–Trinajstić information content (AvgIpc) is 2.82. The molecule has 1 aromatic heterocycles. The van der Waals surface area contributed by atoms with Crippen molar-refractivity contribution in [2.45, 2.75) is 51.0 Å². The highest BCUT2D eigenvalue weighted by Gasteiger charge is 2.41. The summed E-state index contributed by atoms with van der Waals surface area (Å²) in [5, 5.41) is 7.66. The van der Waals surface area contributed by atoms with Gasteiger partial charge in [0.15, 0.2) is 5.78 Å². The number of Topliss-reactive ketones (excluding diaryl/α,β-unsaturated/α-hetero) is 1. The first kappa shape index (κ1) is 16.0. The summed E-state index contributed by atoms with van der Waals surface area (Å²) < 4.78 is 28.9. The fraction of sp³-hybridized carbons (Fsp3) is 0.733. The van der Waals surface area contributed by atoms with Crippen molar-refractivity contribution >= 4 is 11.7 Å². The zero-order valence-electron chi connectivity index (χ0n) is 13.0. The van der Waals surface area contributed by atoms with Crippen LogP contribution in [0.25, 0.3) is 0 Å². The number of carbonyl (C=O) groups is 2. The molecule has 1 amide bonds. The fourth-order valence-electron chi connectivity index (χ4n) is 3.23. The van der Waals surface area contributed by atoms with Gasteiger partial charge in [-0.05, 0) is 12.8 Å². The molecular formula is C15H20F2N4O2. The summed E-state index contributed by atoms with van der Waals surface area (Å²) in [4.78, 5) is 25.2. The zero-order chi connectivity index (χ0) is 16.6. The van der Waals surface area contributed by atoms with E-state index in [0.717, 1.165) is 0 Å². The smallest absolute Gasteiger partial charge is 0.248 e. The Hall–Kier alpha value is -1.86. The van der Waals surface area contributed by atoms with Gasteiger partial charge < -0.3 is 4.90 Å². The number of amides is 1. The maximum absolute atomic E-state index is 13.7. The number of likely N-dealkylation sites (tertiary alicyclic amines) is 1. The zero-order valence-corrected chi connectivity index (χ0v) is 13.0. The van der Waals surface area contributed by atoms with E-state index in [-0.39, 0.29) is 36.3 Å². The molecule has 1 aliphatic heterocycles.